The van der Waals surface area contributed by atoms with E-state index in [1.54, 1.807) is 18.2 Å². The normalized spacial score (nSPS) is 10.6. The zero-order valence-electron chi connectivity index (χ0n) is 15.5. The Labute approximate surface area is 168 Å². The Morgan fingerprint density at radius 1 is 1.04 bits per heavy atom. The number of rotatable bonds is 6. The quantitative estimate of drug-likeness (QED) is 0.551. The standard InChI is InChI=1S/C22H21ClN2O3/c1-14-12-18(21(27)17-8-4-3-7-16(14)17)22(28)24-11-10-15-6-2-5-9-19(15)25-20(26)13-23/h2-9,12,27H,10-11,13H2,1H3,(H,24,28)(H,25,26). The van der Waals surface area contributed by atoms with Crippen molar-refractivity contribution >= 4 is 39.9 Å². The smallest absolute Gasteiger partial charge is 0.255 e. The van der Waals surface area contributed by atoms with Crippen LogP contribution in [0.4, 0.5) is 5.69 Å². The number of alkyl halides is 1. The molecule has 0 atom stereocenters. The first-order valence-corrected chi connectivity index (χ1v) is 9.48. The summed E-state index contributed by atoms with van der Waals surface area (Å²) >= 11 is 5.54. The number of aryl methyl sites for hydroxylation is 1. The molecule has 0 unspecified atom stereocenters. The fourth-order valence-electron chi connectivity index (χ4n) is 3.16. The SMILES string of the molecule is Cc1cc(C(=O)NCCc2ccccc2NC(=O)CCl)c(O)c2ccccc12. The van der Waals surface area contributed by atoms with Crippen LogP contribution in [-0.4, -0.2) is 29.3 Å². The van der Waals surface area contributed by atoms with Gasteiger partial charge in [0.2, 0.25) is 5.91 Å². The van der Waals surface area contributed by atoms with Crippen molar-refractivity contribution in [3.63, 3.8) is 0 Å². The number of nitrogens with one attached hydrogen (secondary N) is 2. The molecular formula is C22H21ClN2O3. The molecule has 3 aromatic rings. The maximum absolute atomic E-state index is 12.6. The molecule has 0 aliphatic rings. The summed E-state index contributed by atoms with van der Waals surface area (Å²) in [6.07, 6.45) is 0.526. The lowest BCUT2D eigenvalue weighted by Gasteiger charge is -2.13. The summed E-state index contributed by atoms with van der Waals surface area (Å²) in [5, 5.41) is 17.7. The van der Waals surface area contributed by atoms with Gasteiger partial charge >= 0.3 is 0 Å². The van der Waals surface area contributed by atoms with E-state index in [4.69, 9.17) is 11.6 Å². The van der Waals surface area contributed by atoms with Gasteiger partial charge in [-0.15, -0.1) is 11.6 Å². The number of phenols is 1. The van der Waals surface area contributed by atoms with Crippen LogP contribution in [0.3, 0.4) is 0 Å². The number of aromatic hydroxyl groups is 1. The van der Waals surface area contributed by atoms with Gasteiger partial charge in [0.15, 0.2) is 0 Å². The Bertz CT molecular complexity index is 1030. The van der Waals surface area contributed by atoms with E-state index in [0.29, 0.717) is 24.0 Å². The molecule has 2 amide bonds. The second kappa shape index (κ2) is 8.76. The molecule has 5 nitrogen and oxygen atoms in total. The Kier molecular flexibility index (Phi) is 6.16. The third-order valence-corrected chi connectivity index (χ3v) is 4.80. The highest BCUT2D eigenvalue weighted by molar-refractivity contribution is 6.29. The molecule has 0 aromatic heterocycles. The van der Waals surface area contributed by atoms with Gasteiger partial charge in [0.1, 0.15) is 11.6 Å². The number of anilines is 1. The minimum absolute atomic E-state index is 0.0199. The van der Waals surface area contributed by atoms with Crippen molar-refractivity contribution in [3.05, 3.63) is 71.3 Å². The number of fused-ring (bicyclic) bond motifs is 1. The number of para-hydroxylation sites is 1. The second-order valence-corrected chi connectivity index (χ2v) is 6.75. The Morgan fingerprint density at radius 3 is 2.46 bits per heavy atom. The van der Waals surface area contributed by atoms with E-state index >= 15 is 0 Å². The Balaban J connectivity index is 1.71. The van der Waals surface area contributed by atoms with Crippen molar-refractivity contribution in [2.45, 2.75) is 13.3 Å². The number of amides is 2. The fraction of sp³-hybridized carbons (Fsp3) is 0.182. The monoisotopic (exact) mass is 396 g/mol. The summed E-state index contributed by atoms with van der Waals surface area (Å²) in [6, 6.07) is 16.5. The molecule has 0 spiro atoms. The third-order valence-electron chi connectivity index (χ3n) is 4.56. The lowest BCUT2D eigenvalue weighted by Crippen LogP contribution is -2.26. The highest BCUT2D eigenvalue weighted by Gasteiger charge is 2.15. The number of hydrogen-bond acceptors (Lipinski definition) is 3. The molecule has 28 heavy (non-hydrogen) atoms. The lowest BCUT2D eigenvalue weighted by molar-refractivity contribution is -0.113. The molecule has 3 N–H and O–H groups in total. The van der Waals surface area contributed by atoms with Crippen LogP contribution in [0.5, 0.6) is 5.75 Å². The third kappa shape index (κ3) is 4.26. The maximum Gasteiger partial charge on any atom is 0.255 e. The van der Waals surface area contributed by atoms with Gasteiger partial charge in [-0.05, 0) is 42.0 Å². The van der Waals surface area contributed by atoms with Crippen molar-refractivity contribution in [1.29, 1.82) is 0 Å². The van der Waals surface area contributed by atoms with Crippen molar-refractivity contribution in [3.8, 4) is 5.75 Å². The summed E-state index contributed by atoms with van der Waals surface area (Å²) in [4.78, 5) is 24.1. The average Bonchev–Trinajstić information content (AvgIpc) is 2.71. The molecule has 0 bridgehead atoms. The molecule has 0 aliphatic carbocycles. The van der Waals surface area contributed by atoms with Gasteiger partial charge in [-0.2, -0.15) is 0 Å². The molecule has 0 heterocycles. The Hall–Kier alpha value is -3.05. The van der Waals surface area contributed by atoms with E-state index in [9.17, 15) is 14.7 Å². The van der Waals surface area contributed by atoms with Crippen LogP contribution in [0.1, 0.15) is 21.5 Å². The van der Waals surface area contributed by atoms with Crippen LogP contribution in [0.25, 0.3) is 10.8 Å². The van der Waals surface area contributed by atoms with Gasteiger partial charge < -0.3 is 15.7 Å². The first-order valence-electron chi connectivity index (χ1n) is 8.94. The van der Waals surface area contributed by atoms with Gasteiger partial charge in [-0.3, -0.25) is 9.59 Å². The molecule has 0 saturated carbocycles. The molecule has 0 fully saturated rings. The number of phenolic OH excluding ortho intramolecular Hbond substituents is 1. The Morgan fingerprint density at radius 2 is 1.71 bits per heavy atom. The molecule has 0 aliphatic heterocycles. The second-order valence-electron chi connectivity index (χ2n) is 6.48. The van der Waals surface area contributed by atoms with Crippen molar-refractivity contribution in [2.24, 2.45) is 0 Å². The van der Waals surface area contributed by atoms with Crippen LogP contribution >= 0.6 is 11.6 Å². The van der Waals surface area contributed by atoms with Gasteiger partial charge in [0.25, 0.3) is 5.91 Å². The van der Waals surface area contributed by atoms with Gasteiger partial charge in [-0.25, -0.2) is 0 Å². The first-order chi connectivity index (χ1) is 13.5. The first kappa shape index (κ1) is 19.7. The number of carbonyl (C=O) groups excluding carboxylic acids is 2. The van der Waals surface area contributed by atoms with Gasteiger partial charge in [-0.1, -0.05) is 42.5 Å². The predicted octanol–water partition coefficient (Wildman–Crippen LogP) is 4.00. The van der Waals surface area contributed by atoms with E-state index < -0.39 is 0 Å². The molecule has 0 radical (unpaired) electrons. The van der Waals surface area contributed by atoms with Gasteiger partial charge in [0.05, 0.1) is 5.56 Å². The summed E-state index contributed by atoms with van der Waals surface area (Å²) in [7, 11) is 0. The van der Waals surface area contributed by atoms with Crippen molar-refractivity contribution in [2.75, 3.05) is 17.7 Å². The molecular weight excluding hydrogens is 376 g/mol. The van der Waals surface area contributed by atoms with Gasteiger partial charge in [0, 0.05) is 17.6 Å². The lowest BCUT2D eigenvalue weighted by atomic mass is 10.00. The van der Waals surface area contributed by atoms with E-state index in [0.717, 1.165) is 16.5 Å². The predicted molar refractivity (Wildman–Crippen MR) is 112 cm³/mol. The number of hydrogen-bond donors (Lipinski definition) is 3. The number of halogens is 1. The highest BCUT2D eigenvalue weighted by atomic mass is 35.5. The van der Waals surface area contributed by atoms with E-state index in [2.05, 4.69) is 10.6 Å². The minimum Gasteiger partial charge on any atom is -0.506 e. The fourth-order valence-corrected chi connectivity index (χ4v) is 3.23. The van der Waals surface area contributed by atoms with E-state index in [1.807, 2.05) is 43.3 Å². The topological polar surface area (TPSA) is 78.4 Å². The molecule has 6 heteroatoms. The summed E-state index contributed by atoms with van der Waals surface area (Å²) in [6.45, 7) is 2.27. The average molecular weight is 397 g/mol. The van der Waals surface area contributed by atoms with Crippen LogP contribution in [0.15, 0.2) is 54.6 Å². The number of carbonyl (C=O) groups is 2. The van der Waals surface area contributed by atoms with Crippen molar-refractivity contribution < 1.29 is 14.7 Å². The van der Waals surface area contributed by atoms with Crippen LogP contribution in [0.2, 0.25) is 0 Å². The zero-order valence-corrected chi connectivity index (χ0v) is 16.2. The minimum atomic E-state index is -0.339. The maximum atomic E-state index is 12.6. The summed E-state index contributed by atoms with van der Waals surface area (Å²) < 4.78 is 0. The molecule has 0 saturated heterocycles. The van der Waals surface area contributed by atoms with E-state index in [-0.39, 0.29) is 29.0 Å². The molecule has 3 aromatic carbocycles. The highest BCUT2D eigenvalue weighted by Crippen LogP contribution is 2.31. The summed E-state index contributed by atoms with van der Waals surface area (Å²) in [5.74, 6) is -0.761. The van der Waals surface area contributed by atoms with Crippen LogP contribution in [-0.2, 0) is 11.2 Å². The van der Waals surface area contributed by atoms with Crippen LogP contribution in [0, 0.1) is 6.92 Å². The summed E-state index contributed by atoms with van der Waals surface area (Å²) in [5.41, 5.74) is 2.74. The number of benzene rings is 3. The largest absolute Gasteiger partial charge is 0.506 e. The molecule has 144 valence electrons. The van der Waals surface area contributed by atoms with Crippen molar-refractivity contribution in [1.82, 2.24) is 5.32 Å². The van der Waals surface area contributed by atoms with Crippen LogP contribution < -0.4 is 10.6 Å². The van der Waals surface area contributed by atoms with E-state index in [1.165, 1.54) is 0 Å². The molecule has 3 rings (SSSR count). The zero-order chi connectivity index (χ0) is 20.1.